The van der Waals surface area contributed by atoms with Gasteiger partial charge >= 0.3 is 0 Å². The molecule has 0 aliphatic heterocycles. The summed E-state index contributed by atoms with van der Waals surface area (Å²) < 4.78 is 6.06. The number of thioether (sulfide) groups is 3. The Labute approximate surface area is 225 Å². The van der Waals surface area contributed by atoms with Crippen LogP contribution in [0.1, 0.15) is 22.1 Å². The first-order chi connectivity index (χ1) is 17.6. The molecule has 0 fully saturated rings. The average molecular weight is 533 g/mol. The molecule has 4 nitrogen and oxygen atoms in total. The number of aryl methyl sites for hydroxylation is 1. The molecule has 4 aromatic rings. The number of amides is 1. The number of carbonyl (C=O) groups is 1. The minimum Gasteiger partial charge on any atom is -0.457 e. The third kappa shape index (κ3) is 6.87. The average Bonchev–Trinajstić information content (AvgIpc) is 2.91. The molecule has 184 valence electrons. The van der Waals surface area contributed by atoms with Gasteiger partial charge < -0.3 is 10.1 Å². The third-order valence-electron chi connectivity index (χ3n) is 5.38. The molecule has 1 aromatic heterocycles. The van der Waals surface area contributed by atoms with Gasteiger partial charge in [0.15, 0.2) is 0 Å². The second kappa shape index (κ2) is 12.9. The number of nitrogens with zero attached hydrogens (tertiary/aromatic N) is 1. The fourth-order valence-corrected chi connectivity index (χ4v) is 6.08. The van der Waals surface area contributed by atoms with Crippen molar-refractivity contribution in [3.63, 3.8) is 0 Å². The lowest BCUT2D eigenvalue weighted by atomic mass is 10.1. The van der Waals surface area contributed by atoms with Gasteiger partial charge in [-0.1, -0.05) is 60.7 Å². The van der Waals surface area contributed by atoms with E-state index in [-0.39, 0.29) is 5.91 Å². The Hall–Kier alpha value is -2.87. The van der Waals surface area contributed by atoms with E-state index < -0.39 is 5.25 Å². The molecule has 1 N–H and O–H groups in total. The van der Waals surface area contributed by atoms with E-state index in [1.165, 1.54) is 17.3 Å². The van der Waals surface area contributed by atoms with Crippen LogP contribution in [0, 0.1) is 6.92 Å². The van der Waals surface area contributed by atoms with Crippen LogP contribution in [0.25, 0.3) is 0 Å². The Kier molecular flexibility index (Phi) is 9.39. The molecule has 0 spiro atoms. The number of hydrogen-bond donors (Lipinski definition) is 1. The van der Waals surface area contributed by atoms with Crippen LogP contribution in [0.15, 0.2) is 101 Å². The number of anilines is 1. The molecule has 0 radical (unpaired) electrons. The van der Waals surface area contributed by atoms with Crippen molar-refractivity contribution < 1.29 is 9.53 Å². The van der Waals surface area contributed by atoms with Crippen molar-refractivity contribution in [3.05, 3.63) is 108 Å². The maximum Gasteiger partial charge on any atom is 0.242 e. The summed E-state index contributed by atoms with van der Waals surface area (Å²) in [5.74, 6) is 2.08. The SMILES string of the molecule is CSc1cc(C)nc(SC)c1NC(=O)C(SCc1ccccc1)c1cccc(Oc2ccccc2)c1. The van der Waals surface area contributed by atoms with Crippen molar-refractivity contribution in [2.24, 2.45) is 0 Å². The maximum atomic E-state index is 13.8. The lowest BCUT2D eigenvalue weighted by Crippen LogP contribution is -2.20. The van der Waals surface area contributed by atoms with Gasteiger partial charge in [-0.3, -0.25) is 4.79 Å². The van der Waals surface area contributed by atoms with Crippen molar-refractivity contribution in [3.8, 4) is 11.5 Å². The van der Waals surface area contributed by atoms with E-state index in [1.807, 2.05) is 98.3 Å². The lowest BCUT2D eigenvalue weighted by Gasteiger charge is -2.20. The topological polar surface area (TPSA) is 51.2 Å². The number of aromatic nitrogens is 1. The Morgan fingerprint density at radius 3 is 2.28 bits per heavy atom. The summed E-state index contributed by atoms with van der Waals surface area (Å²) in [6.07, 6.45) is 3.99. The van der Waals surface area contributed by atoms with Gasteiger partial charge in [-0.25, -0.2) is 4.98 Å². The van der Waals surface area contributed by atoms with Gasteiger partial charge in [0.1, 0.15) is 21.8 Å². The van der Waals surface area contributed by atoms with E-state index in [0.29, 0.717) is 11.5 Å². The van der Waals surface area contributed by atoms with E-state index in [2.05, 4.69) is 22.4 Å². The van der Waals surface area contributed by atoms with Crippen LogP contribution in [-0.4, -0.2) is 23.4 Å². The monoisotopic (exact) mass is 532 g/mol. The van der Waals surface area contributed by atoms with Crippen molar-refractivity contribution >= 4 is 46.9 Å². The highest BCUT2D eigenvalue weighted by Gasteiger charge is 2.24. The van der Waals surface area contributed by atoms with Gasteiger partial charge in [0.25, 0.3) is 0 Å². The molecule has 3 aromatic carbocycles. The number of pyridine rings is 1. The fourth-order valence-electron chi connectivity index (χ4n) is 3.67. The predicted molar refractivity (Wildman–Crippen MR) is 155 cm³/mol. The number of para-hydroxylation sites is 1. The number of benzene rings is 3. The van der Waals surface area contributed by atoms with Crippen LogP contribution in [0.4, 0.5) is 5.69 Å². The maximum absolute atomic E-state index is 13.8. The second-order valence-corrected chi connectivity index (χ2v) is 10.7. The molecular weight excluding hydrogens is 505 g/mol. The summed E-state index contributed by atoms with van der Waals surface area (Å²) in [6.45, 7) is 1.97. The zero-order valence-electron chi connectivity index (χ0n) is 20.4. The van der Waals surface area contributed by atoms with Crippen molar-refractivity contribution in [2.75, 3.05) is 17.8 Å². The smallest absolute Gasteiger partial charge is 0.242 e. The number of rotatable bonds is 10. The Balaban J connectivity index is 1.64. The highest BCUT2D eigenvalue weighted by molar-refractivity contribution is 8.00. The standard InChI is InChI=1S/C29H28N2O2S3/c1-20-17-25(34-2)26(29(30-20)35-3)31-28(32)27(36-19-21-11-6-4-7-12-21)22-13-10-16-24(18-22)33-23-14-8-5-9-15-23/h4-18,27H,19H2,1-3H3,(H,31,32). The number of nitrogens with one attached hydrogen (secondary N) is 1. The molecular formula is C29H28N2O2S3. The number of carbonyl (C=O) groups excluding carboxylic acids is 1. The zero-order valence-corrected chi connectivity index (χ0v) is 22.9. The highest BCUT2D eigenvalue weighted by Crippen LogP contribution is 2.38. The molecule has 0 aliphatic rings. The first-order valence-corrected chi connectivity index (χ1v) is 15.0. The second-order valence-electron chi connectivity index (χ2n) is 8.00. The van der Waals surface area contributed by atoms with Gasteiger partial charge in [0, 0.05) is 16.3 Å². The molecule has 1 amide bonds. The predicted octanol–water partition coefficient (Wildman–Crippen LogP) is 8.24. The number of ether oxygens (including phenoxy) is 1. The van der Waals surface area contributed by atoms with Crippen LogP contribution in [-0.2, 0) is 10.5 Å². The Morgan fingerprint density at radius 2 is 1.58 bits per heavy atom. The van der Waals surface area contributed by atoms with Crippen molar-refractivity contribution in [1.82, 2.24) is 4.98 Å². The molecule has 0 aliphatic carbocycles. The first-order valence-electron chi connectivity index (χ1n) is 11.5. The van der Waals surface area contributed by atoms with Crippen LogP contribution in [0.3, 0.4) is 0 Å². The van der Waals surface area contributed by atoms with Gasteiger partial charge in [-0.15, -0.1) is 35.3 Å². The van der Waals surface area contributed by atoms with Gasteiger partial charge in [-0.2, -0.15) is 0 Å². The molecule has 1 unspecified atom stereocenters. The summed E-state index contributed by atoms with van der Waals surface area (Å²) >= 11 is 4.74. The van der Waals surface area contributed by atoms with Crippen LogP contribution < -0.4 is 10.1 Å². The largest absolute Gasteiger partial charge is 0.457 e. The van der Waals surface area contributed by atoms with Gasteiger partial charge in [-0.05, 0) is 60.9 Å². The summed E-state index contributed by atoms with van der Waals surface area (Å²) in [4.78, 5) is 19.5. The van der Waals surface area contributed by atoms with Gasteiger partial charge in [0.2, 0.25) is 5.91 Å². The summed E-state index contributed by atoms with van der Waals surface area (Å²) in [6, 6.07) is 29.7. The minimum atomic E-state index is -0.435. The van der Waals surface area contributed by atoms with Crippen LogP contribution >= 0.6 is 35.3 Å². The van der Waals surface area contributed by atoms with Crippen molar-refractivity contribution in [2.45, 2.75) is 27.8 Å². The molecule has 0 saturated heterocycles. The van der Waals surface area contributed by atoms with E-state index >= 15 is 0 Å². The van der Waals surface area contributed by atoms with Crippen LogP contribution in [0.5, 0.6) is 11.5 Å². The highest BCUT2D eigenvalue weighted by atomic mass is 32.2. The lowest BCUT2D eigenvalue weighted by molar-refractivity contribution is -0.115. The molecule has 0 bridgehead atoms. The number of hydrogen-bond acceptors (Lipinski definition) is 6. The van der Waals surface area contributed by atoms with E-state index in [1.54, 1.807) is 23.5 Å². The van der Waals surface area contributed by atoms with E-state index in [4.69, 9.17) is 4.74 Å². The first kappa shape index (κ1) is 26.2. The minimum absolute atomic E-state index is 0.0796. The zero-order chi connectivity index (χ0) is 25.3. The normalized spacial score (nSPS) is 11.6. The summed E-state index contributed by atoms with van der Waals surface area (Å²) in [5, 5.41) is 3.59. The van der Waals surface area contributed by atoms with Crippen LogP contribution in [0.2, 0.25) is 0 Å². The van der Waals surface area contributed by atoms with Crippen molar-refractivity contribution in [1.29, 1.82) is 0 Å². The molecule has 0 saturated carbocycles. The Bertz CT molecular complexity index is 1280. The summed E-state index contributed by atoms with van der Waals surface area (Å²) in [7, 11) is 0. The molecule has 4 rings (SSSR count). The molecule has 36 heavy (non-hydrogen) atoms. The molecule has 1 atom stereocenters. The summed E-state index contributed by atoms with van der Waals surface area (Å²) in [5.41, 5.74) is 3.76. The van der Waals surface area contributed by atoms with E-state index in [9.17, 15) is 4.79 Å². The fraction of sp³-hybridized carbons (Fsp3) is 0.172. The Morgan fingerprint density at radius 1 is 0.889 bits per heavy atom. The molecule has 1 heterocycles. The molecule has 7 heteroatoms. The third-order valence-corrected chi connectivity index (χ3v) is 8.14. The van der Waals surface area contributed by atoms with E-state index in [0.717, 1.165) is 32.6 Å². The van der Waals surface area contributed by atoms with Gasteiger partial charge in [0.05, 0.1) is 5.69 Å². The quantitative estimate of drug-likeness (QED) is 0.208.